The van der Waals surface area contributed by atoms with Crippen LogP contribution in [0.25, 0.3) is 21.1 Å². The molecule has 29 heavy (non-hydrogen) atoms. The lowest BCUT2D eigenvalue weighted by Crippen LogP contribution is -2.31. The summed E-state index contributed by atoms with van der Waals surface area (Å²) >= 11 is 1.53. The maximum absolute atomic E-state index is 12.6. The van der Waals surface area contributed by atoms with Gasteiger partial charge >= 0.3 is 0 Å². The van der Waals surface area contributed by atoms with Crippen molar-refractivity contribution in [1.29, 1.82) is 0 Å². The highest BCUT2D eigenvalue weighted by Crippen LogP contribution is 2.28. The van der Waals surface area contributed by atoms with Gasteiger partial charge < -0.3 is 0 Å². The Kier molecular flexibility index (Phi) is 5.00. The van der Waals surface area contributed by atoms with E-state index in [1.165, 1.54) is 11.3 Å². The average Bonchev–Trinajstić information content (AvgIpc) is 3.07. The van der Waals surface area contributed by atoms with E-state index in [9.17, 15) is 8.42 Å². The number of anilines is 2. The van der Waals surface area contributed by atoms with Crippen LogP contribution in [-0.2, 0) is 16.3 Å². The van der Waals surface area contributed by atoms with E-state index >= 15 is 0 Å². The monoisotopic (exact) mass is 426 g/mol. The molecule has 6 nitrogen and oxygen atoms in total. The summed E-state index contributed by atoms with van der Waals surface area (Å²) in [5.74, 6) is 0.462. The van der Waals surface area contributed by atoms with Crippen LogP contribution in [0.3, 0.4) is 0 Å². The van der Waals surface area contributed by atoms with E-state index in [0.717, 1.165) is 21.1 Å². The summed E-state index contributed by atoms with van der Waals surface area (Å²) in [5, 5.41) is 4.76. The minimum atomic E-state index is -3.24. The van der Waals surface area contributed by atoms with Crippen LogP contribution in [0.4, 0.5) is 11.1 Å². The molecule has 0 bridgehead atoms. The van der Waals surface area contributed by atoms with E-state index in [1.807, 2.05) is 48.5 Å². The molecular weight excluding hydrogens is 404 g/mol. The van der Waals surface area contributed by atoms with Gasteiger partial charge in [-0.2, -0.15) is 0 Å². The van der Waals surface area contributed by atoms with Crippen LogP contribution >= 0.6 is 11.3 Å². The molecule has 150 valence electrons. The predicted molar refractivity (Wildman–Crippen MR) is 120 cm³/mol. The zero-order chi connectivity index (χ0) is 20.6. The van der Waals surface area contributed by atoms with Crippen molar-refractivity contribution >= 4 is 53.4 Å². The Bertz CT molecular complexity index is 1260. The van der Waals surface area contributed by atoms with E-state index in [-0.39, 0.29) is 5.75 Å². The van der Waals surface area contributed by atoms with E-state index in [0.29, 0.717) is 23.2 Å². The van der Waals surface area contributed by atoms with Gasteiger partial charge in [0, 0.05) is 11.8 Å². The summed E-state index contributed by atoms with van der Waals surface area (Å²) < 4.78 is 25.4. The van der Waals surface area contributed by atoms with Crippen molar-refractivity contribution in [3.8, 4) is 0 Å². The molecule has 2 heterocycles. The Morgan fingerprint density at radius 1 is 0.931 bits per heavy atom. The van der Waals surface area contributed by atoms with Crippen molar-refractivity contribution < 1.29 is 8.42 Å². The standard InChI is InChI=1S/C21H22N4O2S2/c1-21(2,3)29(26,27)13-12-16-14-8-4-5-9-15(14)22-19(23-16)25-20-24-17-10-6-7-11-18(17)28-20/h4-11H,12-13H2,1-3H3,(H,22,23,24,25). The smallest absolute Gasteiger partial charge is 0.229 e. The molecular formula is C21H22N4O2S2. The highest BCUT2D eigenvalue weighted by Gasteiger charge is 2.28. The summed E-state index contributed by atoms with van der Waals surface area (Å²) in [6, 6.07) is 15.6. The molecule has 2 aromatic carbocycles. The fraction of sp³-hybridized carbons (Fsp3) is 0.286. The molecule has 0 amide bonds. The lowest BCUT2D eigenvalue weighted by Gasteiger charge is -2.19. The number of rotatable bonds is 5. The molecule has 2 aromatic heterocycles. The van der Waals surface area contributed by atoms with Crippen LogP contribution in [-0.4, -0.2) is 33.9 Å². The van der Waals surface area contributed by atoms with Gasteiger partial charge in [0.1, 0.15) is 0 Å². The van der Waals surface area contributed by atoms with Gasteiger partial charge in [-0.3, -0.25) is 5.32 Å². The van der Waals surface area contributed by atoms with Gasteiger partial charge in [-0.15, -0.1) is 0 Å². The summed E-state index contributed by atoms with van der Waals surface area (Å²) in [5.41, 5.74) is 2.40. The van der Waals surface area contributed by atoms with Crippen molar-refractivity contribution in [2.45, 2.75) is 31.9 Å². The second-order valence-corrected chi connectivity index (χ2v) is 11.7. The SMILES string of the molecule is CC(C)(C)S(=O)(=O)CCc1nc(Nc2nc3ccccc3s2)nc2ccccc12. The van der Waals surface area contributed by atoms with Crippen molar-refractivity contribution in [2.24, 2.45) is 0 Å². The van der Waals surface area contributed by atoms with Crippen LogP contribution in [0.5, 0.6) is 0 Å². The highest BCUT2D eigenvalue weighted by molar-refractivity contribution is 7.92. The van der Waals surface area contributed by atoms with Gasteiger partial charge in [0.25, 0.3) is 0 Å². The molecule has 0 saturated heterocycles. The van der Waals surface area contributed by atoms with E-state index < -0.39 is 14.6 Å². The number of sulfone groups is 1. The number of nitrogens with one attached hydrogen (secondary N) is 1. The van der Waals surface area contributed by atoms with Crippen LogP contribution in [0, 0.1) is 0 Å². The molecule has 4 rings (SSSR count). The quantitative estimate of drug-likeness (QED) is 0.496. The third-order valence-corrected chi connectivity index (χ3v) is 8.29. The van der Waals surface area contributed by atoms with Crippen LogP contribution in [0.1, 0.15) is 26.5 Å². The van der Waals surface area contributed by atoms with Gasteiger partial charge in [-0.1, -0.05) is 41.7 Å². The van der Waals surface area contributed by atoms with Crippen LogP contribution in [0.15, 0.2) is 48.5 Å². The topological polar surface area (TPSA) is 84.8 Å². The molecule has 0 fully saturated rings. The third kappa shape index (κ3) is 4.09. The molecule has 0 radical (unpaired) electrons. The Balaban J connectivity index is 1.68. The number of thiazole rings is 1. The Morgan fingerprint density at radius 3 is 2.34 bits per heavy atom. The van der Waals surface area contributed by atoms with Crippen LogP contribution in [0.2, 0.25) is 0 Å². The summed E-state index contributed by atoms with van der Waals surface area (Å²) in [6.45, 7) is 5.17. The van der Waals surface area contributed by atoms with Crippen molar-refractivity contribution in [2.75, 3.05) is 11.1 Å². The van der Waals surface area contributed by atoms with Gasteiger partial charge in [0.2, 0.25) is 5.95 Å². The second-order valence-electron chi connectivity index (χ2n) is 7.80. The second kappa shape index (κ2) is 7.35. The van der Waals surface area contributed by atoms with Crippen molar-refractivity contribution in [3.05, 3.63) is 54.2 Å². The van der Waals surface area contributed by atoms with Crippen molar-refractivity contribution in [3.63, 3.8) is 0 Å². The minimum absolute atomic E-state index is 0.0398. The number of nitrogens with zero attached hydrogens (tertiary/aromatic N) is 3. The van der Waals surface area contributed by atoms with E-state index in [1.54, 1.807) is 20.8 Å². The Morgan fingerprint density at radius 2 is 1.62 bits per heavy atom. The van der Waals surface area contributed by atoms with E-state index in [2.05, 4.69) is 20.3 Å². The number of hydrogen-bond donors (Lipinski definition) is 1. The number of fused-ring (bicyclic) bond motifs is 2. The molecule has 0 saturated carbocycles. The molecule has 8 heteroatoms. The summed E-state index contributed by atoms with van der Waals surface area (Å²) in [6.07, 6.45) is 0.331. The first-order valence-electron chi connectivity index (χ1n) is 9.33. The highest BCUT2D eigenvalue weighted by atomic mass is 32.2. The van der Waals surface area contributed by atoms with Gasteiger partial charge in [0.15, 0.2) is 15.0 Å². The van der Waals surface area contributed by atoms with Gasteiger partial charge in [-0.05, 0) is 39.0 Å². The number of benzene rings is 2. The number of para-hydroxylation sites is 2. The van der Waals surface area contributed by atoms with Crippen LogP contribution < -0.4 is 5.32 Å². The number of aromatic nitrogens is 3. The van der Waals surface area contributed by atoms with Crippen molar-refractivity contribution in [1.82, 2.24) is 15.0 Å². The Labute approximate surface area is 174 Å². The first-order valence-corrected chi connectivity index (χ1v) is 11.8. The fourth-order valence-corrected chi connectivity index (χ4v) is 4.88. The minimum Gasteiger partial charge on any atom is -0.300 e. The zero-order valence-electron chi connectivity index (χ0n) is 16.5. The molecule has 0 spiro atoms. The molecule has 0 aliphatic carbocycles. The summed E-state index contributed by atoms with van der Waals surface area (Å²) in [7, 11) is -3.24. The maximum Gasteiger partial charge on any atom is 0.229 e. The molecule has 1 N–H and O–H groups in total. The first-order chi connectivity index (χ1) is 13.7. The zero-order valence-corrected chi connectivity index (χ0v) is 18.1. The fourth-order valence-electron chi connectivity index (χ4n) is 2.95. The predicted octanol–water partition coefficient (Wildman–Crippen LogP) is 4.74. The third-order valence-electron chi connectivity index (χ3n) is 4.74. The maximum atomic E-state index is 12.6. The normalized spacial score (nSPS) is 12.5. The lowest BCUT2D eigenvalue weighted by atomic mass is 10.1. The molecule has 0 aliphatic rings. The van der Waals surface area contributed by atoms with E-state index in [4.69, 9.17) is 0 Å². The largest absolute Gasteiger partial charge is 0.300 e. The Hall–Kier alpha value is -2.58. The summed E-state index contributed by atoms with van der Waals surface area (Å²) in [4.78, 5) is 13.8. The lowest BCUT2D eigenvalue weighted by molar-refractivity contribution is 0.559. The van der Waals surface area contributed by atoms with Gasteiger partial charge in [-0.25, -0.2) is 23.4 Å². The molecule has 0 atom stereocenters. The molecule has 0 aliphatic heterocycles. The number of hydrogen-bond acceptors (Lipinski definition) is 7. The first kappa shape index (κ1) is 19.7. The molecule has 4 aromatic rings. The number of aryl methyl sites for hydroxylation is 1. The molecule has 0 unspecified atom stereocenters. The van der Waals surface area contributed by atoms with Gasteiger partial charge in [0.05, 0.1) is 31.9 Å². The average molecular weight is 427 g/mol.